The normalized spacial score (nSPS) is 14.5. The molecule has 0 rings (SSSR count). The molecule has 1 atom stereocenters. The third-order valence-electron chi connectivity index (χ3n) is 4.67. The van der Waals surface area contributed by atoms with E-state index in [2.05, 4.69) is 33.1 Å². The van der Waals surface area contributed by atoms with Crippen LogP contribution < -0.4 is 5.32 Å². The van der Waals surface area contributed by atoms with E-state index in [1.165, 1.54) is 83.6 Å². The molecule has 1 heteroatoms. The highest BCUT2D eigenvalue weighted by Crippen LogP contribution is 2.34. The first-order valence-corrected chi connectivity index (χ1v) is 8.89. The lowest BCUT2D eigenvalue weighted by Crippen LogP contribution is -2.32. The van der Waals surface area contributed by atoms with E-state index < -0.39 is 0 Å². The summed E-state index contributed by atoms with van der Waals surface area (Å²) >= 11 is 0. The van der Waals surface area contributed by atoms with Crippen molar-refractivity contribution in [1.29, 1.82) is 0 Å². The topological polar surface area (TPSA) is 12.0 Å². The van der Waals surface area contributed by atoms with Crippen molar-refractivity contribution in [1.82, 2.24) is 5.32 Å². The molecule has 0 saturated heterocycles. The lowest BCUT2D eigenvalue weighted by Gasteiger charge is -2.33. The third kappa shape index (κ3) is 9.49. The first-order valence-electron chi connectivity index (χ1n) is 8.89. The van der Waals surface area contributed by atoms with Crippen LogP contribution in [0, 0.1) is 5.41 Å². The van der Waals surface area contributed by atoms with Crippen LogP contribution in [0.15, 0.2) is 0 Å². The van der Waals surface area contributed by atoms with Gasteiger partial charge in [0, 0.05) is 6.54 Å². The van der Waals surface area contributed by atoms with Gasteiger partial charge in [0.2, 0.25) is 0 Å². The molecule has 1 unspecified atom stereocenters. The molecular weight excluding hydrogens is 230 g/mol. The summed E-state index contributed by atoms with van der Waals surface area (Å²) in [6.45, 7) is 8.20. The van der Waals surface area contributed by atoms with Crippen molar-refractivity contribution in [2.45, 2.75) is 97.8 Å². The minimum atomic E-state index is 0.578. The van der Waals surface area contributed by atoms with E-state index >= 15 is 0 Å². The molecule has 0 bridgehead atoms. The standard InChI is InChI=1S/C18H39N/c1-5-8-10-11-12-13-14-16-18(7-3,17-19-4)15-9-6-2/h19H,5-17H2,1-4H3. The van der Waals surface area contributed by atoms with Crippen molar-refractivity contribution in [3.05, 3.63) is 0 Å². The fraction of sp³-hybridized carbons (Fsp3) is 1.00. The summed E-state index contributed by atoms with van der Waals surface area (Å²) in [6.07, 6.45) is 16.9. The first-order chi connectivity index (χ1) is 9.24. The van der Waals surface area contributed by atoms with Gasteiger partial charge in [-0.2, -0.15) is 0 Å². The first kappa shape index (κ1) is 19.0. The van der Waals surface area contributed by atoms with Crippen molar-refractivity contribution >= 4 is 0 Å². The minimum absolute atomic E-state index is 0.578. The summed E-state index contributed by atoms with van der Waals surface area (Å²) in [6, 6.07) is 0. The molecule has 116 valence electrons. The Labute approximate surface area is 122 Å². The van der Waals surface area contributed by atoms with Crippen LogP contribution in [-0.4, -0.2) is 13.6 Å². The Hall–Kier alpha value is -0.0400. The van der Waals surface area contributed by atoms with Crippen LogP contribution in [0.25, 0.3) is 0 Å². The van der Waals surface area contributed by atoms with Crippen LogP contribution in [0.2, 0.25) is 0 Å². The van der Waals surface area contributed by atoms with Gasteiger partial charge in [0.05, 0.1) is 0 Å². The molecule has 0 aromatic carbocycles. The minimum Gasteiger partial charge on any atom is -0.319 e. The average Bonchev–Trinajstić information content (AvgIpc) is 2.43. The van der Waals surface area contributed by atoms with Crippen molar-refractivity contribution in [3.63, 3.8) is 0 Å². The summed E-state index contributed by atoms with van der Waals surface area (Å²) in [4.78, 5) is 0. The maximum absolute atomic E-state index is 3.44. The number of nitrogens with one attached hydrogen (secondary N) is 1. The van der Waals surface area contributed by atoms with Gasteiger partial charge in [-0.25, -0.2) is 0 Å². The quantitative estimate of drug-likeness (QED) is 0.385. The second-order valence-corrected chi connectivity index (χ2v) is 6.36. The molecule has 19 heavy (non-hydrogen) atoms. The smallest absolute Gasteiger partial charge is 0.000470 e. The highest BCUT2D eigenvalue weighted by atomic mass is 14.8. The Balaban J connectivity index is 3.84. The van der Waals surface area contributed by atoms with E-state index in [1.807, 2.05) is 0 Å². The lowest BCUT2D eigenvalue weighted by molar-refractivity contribution is 0.209. The number of hydrogen-bond acceptors (Lipinski definition) is 1. The fourth-order valence-corrected chi connectivity index (χ4v) is 3.16. The van der Waals surface area contributed by atoms with Gasteiger partial charge in [-0.15, -0.1) is 0 Å². The molecule has 0 heterocycles. The summed E-state index contributed by atoms with van der Waals surface area (Å²) in [7, 11) is 2.11. The molecule has 0 saturated carbocycles. The highest BCUT2D eigenvalue weighted by Gasteiger charge is 2.25. The fourth-order valence-electron chi connectivity index (χ4n) is 3.16. The van der Waals surface area contributed by atoms with Gasteiger partial charge in [-0.3, -0.25) is 0 Å². The second-order valence-electron chi connectivity index (χ2n) is 6.36. The highest BCUT2D eigenvalue weighted by molar-refractivity contribution is 4.80. The predicted octanol–water partition coefficient (Wildman–Crippen LogP) is 5.93. The van der Waals surface area contributed by atoms with Crippen molar-refractivity contribution in [3.8, 4) is 0 Å². The Bertz CT molecular complexity index is 179. The predicted molar refractivity (Wildman–Crippen MR) is 88.8 cm³/mol. The number of rotatable bonds is 14. The van der Waals surface area contributed by atoms with Crippen LogP contribution >= 0.6 is 0 Å². The Morgan fingerprint density at radius 2 is 1.21 bits per heavy atom. The number of unbranched alkanes of at least 4 members (excludes halogenated alkanes) is 7. The van der Waals surface area contributed by atoms with Crippen LogP contribution in [-0.2, 0) is 0 Å². The van der Waals surface area contributed by atoms with Gasteiger partial charge in [0.1, 0.15) is 0 Å². The van der Waals surface area contributed by atoms with Gasteiger partial charge in [0.15, 0.2) is 0 Å². The van der Waals surface area contributed by atoms with Crippen molar-refractivity contribution in [2.75, 3.05) is 13.6 Å². The molecule has 1 N–H and O–H groups in total. The van der Waals surface area contributed by atoms with E-state index in [9.17, 15) is 0 Å². The van der Waals surface area contributed by atoms with Gasteiger partial charge in [-0.1, -0.05) is 78.6 Å². The van der Waals surface area contributed by atoms with Crippen molar-refractivity contribution < 1.29 is 0 Å². The monoisotopic (exact) mass is 269 g/mol. The molecule has 0 aromatic rings. The molecule has 0 aliphatic carbocycles. The van der Waals surface area contributed by atoms with Gasteiger partial charge in [0.25, 0.3) is 0 Å². The van der Waals surface area contributed by atoms with E-state index in [1.54, 1.807) is 0 Å². The maximum atomic E-state index is 3.44. The largest absolute Gasteiger partial charge is 0.319 e. The van der Waals surface area contributed by atoms with E-state index in [0.29, 0.717) is 5.41 Å². The van der Waals surface area contributed by atoms with Crippen LogP contribution in [0.5, 0.6) is 0 Å². The Morgan fingerprint density at radius 1 is 0.684 bits per heavy atom. The molecular formula is C18H39N. The van der Waals surface area contributed by atoms with Gasteiger partial charge < -0.3 is 5.32 Å². The zero-order valence-electron chi connectivity index (χ0n) is 14.2. The maximum Gasteiger partial charge on any atom is 0.000470 e. The summed E-state index contributed by atoms with van der Waals surface area (Å²) in [5.74, 6) is 0. The zero-order chi connectivity index (χ0) is 14.4. The molecule has 0 amide bonds. The van der Waals surface area contributed by atoms with Crippen LogP contribution in [0.3, 0.4) is 0 Å². The van der Waals surface area contributed by atoms with Gasteiger partial charge >= 0.3 is 0 Å². The van der Waals surface area contributed by atoms with E-state index in [0.717, 1.165) is 0 Å². The Kier molecular flexibility index (Phi) is 12.9. The molecule has 0 fully saturated rings. The van der Waals surface area contributed by atoms with Crippen molar-refractivity contribution in [2.24, 2.45) is 5.41 Å². The molecule has 0 aliphatic rings. The molecule has 1 nitrogen and oxygen atoms in total. The van der Waals surface area contributed by atoms with E-state index in [-0.39, 0.29) is 0 Å². The SMILES string of the molecule is CCCCCCCCCC(CC)(CCCC)CNC. The Morgan fingerprint density at radius 3 is 1.74 bits per heavy atom. The molecule has 0 aromatic heterocycles. The lowest BCUT2D eigenvalue weighted by atomic mass is 9.76. The average molecular weight is 270 g/mol. The number of hydrogen-bond donors (Lipinski definition) is 1. The van der Waals surface area contributed by atoms with Crippen LogP contribution in [0.4, 0.5) is 0 Å². The zero-order valence-corrected chi connectivity index (χ0v) is 14.2. The summed E-state index contributed by atoms with van der Waals surface area (Å²) in [5.41, 5.74) is 0.578. The van der Waals surface area contributed by atoms with E-state index in [4.69, 9.17) is 0 Å². The molecule has 0 spiro atoms. The third-order valence-corrected chi connectivity index (χ3v) is 4.67. The molecule has 0 radical (unpaired) electrons. The summed E-state index contributed by atoms with van der Waals surface area (Å²) < 4.78 is 0. The van der Waals surface area contributed by atoms with Gasteiger partial charge in [-0.05, 0) is 31.7 Å². The second kappa shape index (κ2) is 13.0. The summed E-state index contributed by atoms with van der Waals surface area (Å²) in [5, 5.41) is 3.44. The molecule has 0 aliphatic heterocycles. The van der Waals surface area contributed by atoms with Crippen LogP contribution in [0.1, 0.15) is 97.8 Å².